The summed E-state index contributed by atoms with van der Waals surface area (Å²) in [4.78, 5) is 18.7. The first kappa shape index (κ1) is 19.1. The minimum atomic E-state index is -0.141. The van der Waals surface area contributed by atoms with E-state index in [9.17, 15) is 9.90 Å². The number of nitrogens with zero attached hydrogens (tertiary/aromatic N) is 2. The number of aliphatic imine (C=N–C) groups is 1. The molecule has 1 aromatic rings. The van der Waals surface area contributed by atoms with Gasteiger partial charge in [0.1, 0.15) is 5.75 Å². The number of rotatable bonds is 6. The zero-order valence-corrected chi connectivity index (χ0v) is 15.4. The van der Waals surface area contributed by atoms with Crippen LogP contribution in [-0.4, -0.2) is 55.2 Å². The molecule has 2 unspecified atom stereocenters. The second-order valence-electron chi connectivity index (χ2n) is 6.52. The summed E-state index contributed by atoms with van der Waals surface area (Å²) in [5.41, 5.74) is 1.19. The van der Waals surface area contributed by atoms with E-state index in [2.05, 4.69) is 17.1 Å². The number of aryl methyl sites for hydroxylation is 1. The number of phenolic OH excluding ortho intramolecular Hbond substituents is 1. The molecule has 0 radical (unpaired) electrons. The molecular weight excluding hydrogens is 318 g/mol. The SMILES string of the molecule is CCNC(=NCCCc1ccc(O)cc1)N1CC(C)C(C(=O)OC)C1. The molecule has 6 nitrogen and oxygen atoms in total. The van der Waals surface area contributed by atoms with Crippen molar-refractivity contribution >= 4 is 11.9 Å². The van der Waals surface area contributed by atoms with Crippen molar-refractivity contribution in [2.24, 2.45) is 16.8 Å². The first-order chi connectivity index (χ1) is 12.0. The third-order valence-corrected chi connectivity index (χ3v) is 4.57. The number of likely N-dealkylation sites (tertiary alicyclic amines) is 1. The van der Waals surface area contributed by atoms with Gasteiger partial charge in [-0.3, -0.25) is 9.79 Å². The molecule has 6 heteroatoms. The van der Waals surface area contributed by atoms with Gasteiger partial charge in [-0.15, -0.1) is 0 Å². The van der Waals surface area contributed by atoms with Crippen LogP contribution in [0.4, 0.5) is 0 Å². The van der Waals surface area contributed by atoms with Gasteiger partial charge in [-0.2, -0.15) is 0 Å². The van der Waals surface area contributed by atoms with E-state index >= 15 is 0 Å². The molecule has 0 aliphatic carbocycles. The third kappa shape index (κ3) is 5.37. The summed E-state index contributed by atoms with van der Waals surface area (Å²) in [6.07, 6.45) is 1.86. The van der Waals surface area contributed by atoms with Crippen LogP contribution in [0, 0.1) is 11.8 Å². The summed E-state index contributed by atoms with van der Waals surface area (Å²) in [5, 5.41) is 12.6. The predicted molar refractivity (Wildman–Crippen MR) is 98.6 cm³/mol. The molecule has 138 valence electrons. The van der Waals surface area contributed by atoms with E-state index in [4.69, 9.17) is 9.73 Å². The van der Waals surface area contributed by atoms with Gasteiger partial charge in [0.25, 0.3) is 0 Å². The minimum Gasteiger partial charge on any atom is -0.508 e. The summed E-state index contributed by atoms with van der Waals surface area (Å²) < 4.78 is 4.90. The molecule has 0 saturated carbocycles. The van der Waals surface area contributed by atoms with Crippen molar-refractivity contribution in [1.29, 1.82) is 0 Å². The highest BCUT2D eigenvalue weighted by Crippen LogP contribution is 2.24. The Balaban J connectivity index is 1.90. The highest BCUT2D eigenvalue weighted by Gasteiger charge is 2.36. The average molecular weight is 347 g/mol. The summed E-state index contributed by atoms with van der Waals surface area (Å²) in [6, 6.07) is 7.29. The van der Waals surface area contributed by atoms with Crippen LogP contribution in [0.3, 0.4) is 0 Å². The molecule has 0 spiro atoms. The highest BCUT2D eigenvalue weighted by atomic mass is 16.5. The molecular formula is C19H29N3O3. The second-order valence-corrected chi connectivity index (χ2v) is 6.52. The van der Waals surface area contributed by atoms with Crippen molar-refractivity contribution in [3.63, 3.8) is 0 Å². The zero-order chi connectivity index (χ0) is 18.2. The maximum atomic E-state index is 11.9. The minimum absolute atomic E-state index is 0.0918. The molecule has 1 aliphatic rings. The number of carbonyl (C=O) groups is 1. The Bertz CT molecular complexity index is 586. The molecule has 2 atom stereocenters. The van der Waals surface area contributed by atoms with Gasteiger partial charge in [0.15, 0.2) is 5.96 Å². The lowest BCUT2D eigenvalue weighted by Crippen LogP contribution is -2.40. The fourth-order valence-electron chi connectivity index (χ4n) is 3.15. The molecule has 0 bridgehead atoms. The number of esters is 1. The van der Waals surface area contributed by atoms with Crippen LogP contribution in [-0.2, 0) is 16.0 Å². The number of benzene rings is 1. The van der Waals surface area contributed by atoms with Crippen LogP contribution < -0.4 is 5.32 Å². The number of guanidine groups is 1. The summed E-state index contributed by atoms with van der Waals surface area (Å²) >= 11 is 0. The second kappa shape index (κ2) is 9.30. The van der Waals surface area contributed by atoms with Crippen LogP contribution in [0.2, 0.25) is 0 Å². The van der Waals surface area contributed by atoms with Crippen molar-refractivity contribution in [2.75, 3.05) is 33.3 Å². The van der Waals surface area contributed by atoms with Gasteiger partial charge >= 0.3 is 5.97 Å². The number of aromatic hydroxyl groups is 1. The Hall–Kier alpha value is -2.24. The number of phenols is 1. The summed E-state index contributed by atoms with van der Waals surface area (Å²) in [5.74, 6) is 1.18. The average Bonchev–Trinajstić information content (AvgIpc) is 3.00. The van der Waals surface area contributed by atoms with Crippen LogP contribution in [0.1, 0.15) is 25.8 Å². The van der Waals surface area contributed by atoms with E-state index in [1.807, 2.05) is 19.1 Å². The molecule has 1 aromatic carbocycles. The quantitative estimate of drug-likeness (QED) is 0.356. The number of nitrogens with one attached hydrogen (secondary N) is 1. The Morgan fingerprint density at radius 1 is 1.36 bits per heavy atom. The van der Waals surface area contributed by atoms with Gasteiger partial charge in [0, 0.05) is 26.2 Å². The standard InChI is InChI=1S/C19H29N3O3/c1-4-20-19(22-12-14(2)17(13-22)18(24)25-3)21-11-5-6-15-7-9-16(23)10-8-15/h7-10,14,17,23H,4-6,11-13H2,1-3H3,(H,20,21). The monoisotopic (exact) mass is 347 g/mol. The molecule has 25 heavy (non-hydrogen) atoms. The van der Waals surface area contributed by atoms with Gasteiger partial charge in [-0.25, -0.2) is 0 Å². The van der Waals surface area contributed by atoms with Crippen molar-refractivity contribution < 1.29 is 14.6 Å². The lowest BCUT2D eigenvalue weighted by molar-refractivity contribution is -0.145. The highest BCUT2D eigenvalue weighted by molar-refractivity contribution is 5.82. The molecule has 1 aliphatic heterocycles. The topological polar surface area (TPSA) is 74.2 Å². The van der Waals surface area contributed by atoms with E-state index in [-0.39, 0.29) is 17.8 Å². The van der Waals surface area contributed by atoms with Crippen molar-refractivity contribution in [3.05, 3.63) is 29.8 Å². The normalized spacial score (nSPS) is 20.6. The molecule has 1 heterocycles. The van der Waals surface area contributed by atoms with E-state index in [1.54, 1.807) is 12.1 Å². The molecule has 2 N–H and O–H groups in total. The van der Waals surface area contributed by atoms with E-state index < -0.39 is 0 Å². The third-order valence-electron chi connectivity index (χ3n) is 4.57. The van der Waals surface area contributed by atoms with E-state index in [0.29, 0.717) is 12.3 Å². The van der Waals surface area contributed by atoms with Gasteiger partial charge in [-0.1, -0.05) is 19.1 Å². The largest absolute Gasteiger partial charge is 0.508 e. The molecule has 1 fully saturated rings. The Kier molecular flexibility index (Phi) is 7.10. The number of carbonyl (C=O) groups excluding carboxylic acids is 1. The van der Waals surface area contributed by atoms with Gasteiger partial charge in [0.2, 0.25) is 0 Å². The number of hydrogen-bond acceptors (Lipinski definition) is 4. The van der Waals surface area contributed by atoms with Crippen molar-refractivity contribution in [2.45, 2.75) is 26.7 Å². The van der Waals surface area contributed by atoms with Crippen molar-refractivity contribution in [1.82, 2.24) is 10.2 Å². The van der Waals surface area contributed by atoms with Crippen LogP contribution >= 0.6 is 0 Å². The molecule has 0 aromatic heterocycles. The molecule has 2 rings (SSSR count). The first-order valence-electron chi connectivity index (χ1n) is 8.94. The van der Waals surface area contributed by atoms with Gasteiger partial charge in [0.05, 0.1) is 13.0 Å². The molecule has 0 amide bonds. The number of hydrogen-bond donors (Lipinski definition) is 2. The van der Waals surface area contributed by atoms with Crippen molar-refractivity contribution in [3.8, 4) is 5.75 Å². The molecule has 1 saturated heterocycles. The van der Waals surface area contributed by atoms with Gasteiger partial charge in [-0.05, 0) is 43.4 Å². The lowest BCUT2D eigenvalue weighted by Gasteiger charge is -2.21. The van der Waals surface area contributed by atoms with Crippen LogP contribution in [0.15, 0.2) is 29.3 Å². The Morgan fingerprint density at radius 2 is 2.08 bits per heavy atom. The fourth-order valence-corrected chi connectivity index (χ4v) is 3.15. The van der Waals surface area contributed by atoms with Gasteiger partial charge < -0.3 is 20.1 Å². The number of methoxy groups -OCH3 is 1. The van der Waals surface area contributed by atoms with Crippen LogP contribution in [0.5, 0.6) is 5.75 Å². The maximum Gasteiger partial charge on any atom is 0.310 e. The summed E-state index contributed by atoms with van der Waals surface area (Å²) in [7, 11) is 1.44. The number of ether oxygens (including phenoxy) is 1. The van der Waals surface area contributed by atoms with Crippen LogP contribution in [0.25, 0.3) is 0 Å². The maximum absolute atomic E-state index is 11.9. The Labute approximate surface area is 149 Å². The first-order valence-corrected chi connectivity index (χ1v) is 8.94. The Morgan fingerprint density at radius 3 is 2.72 bits per heavy atom. The fraction of sp³-hybridized carbons (Fsp3) is 0.579. The lowest BCUT2D eigenvalue weighted by atomic mass is 9.99. The summed E-state index contributed by atoms with van der Waals surface area (Å²) in [6.45, 7) is 7.10. The smallest absolute Gasteiger partial charge is 0.310 e. The van der Waals surface area contributed by atoms with E-state index in [1.165, 1.54) is 12.7 Å². The predicted octanol–water partition coefficient (Wildman–Crippen LogP) is 2.03. The van der Waals surface area contributed by atoms with E-state index in [0.717, 1.165) is 38.4 Å². The zero-order valence-electron chi connectivity index (χ0n) is 15.4.